The van der Waals surface area contributed by atoms with Crippen molar-refractivity contribution >= 4 is 21.9 Å². The highest BCUT2D eigenvalue weighted by Gasteiger charge is 2.37. The molecule has 0 atom stereocenters. The minimum atomic E-state index is -4.47. The summed E-state index contributed by atoms with van der Waals surface area (Å²) in [4.78, 5) is 7.78. The van der Waals surface area contributed by atoms with Gasteiger partial charge in [-0.1, -0.05) is 11.6 Å². The number of aromatic nitrogens is 3. The average Bonchev–Trinajstić information content (AvgIpc) is 2.67. The zero-order chi connectivity index (χ0) is 13.8. The van der Waals surface area contributed by atoms with Gasteiger partial charge in [-0.05, 0) is 19.1 Å². The Kier molecular flexibility index (Phi) is 2.32. The van der Waals surface area contributed by atoms with Gasteiger partial charge in [0.25, 0.3) is 0 Å². The van der Waals surface area contributed by atoms with E-state index in [1.54, 1.807) is 6.07 Å². The Balaban J connectivity index is 2.48. The van der Waals surface area contributed by atoms with Crippen LogP contribution in [0.4, 0.5) is 13.2 Å². The van der Waals surface area contributed by atoms with Crippen molar-refractivity contribution in [2.45, 2.75) is 13.1 Å². The van der Waals surface area contributed by atoms with Gasteiger partial charge in [-0.25, -0.2) is 4.98 Å². The second kappa shape index (κ2) is 3.69. The standard InChI is InChI=1S/C13H10F3N3/c1-7-3-4-9-8(5-7)11-10(6-17-9)18-12(19(11)2)13(14,15)16/h3-6H,1-2H3. The van der Waals surface area contributed by atoms with E-state index in [0.717, 1.165) is 10.1 Å². The lowest BCUT2D eigenvalue weighted by atomic mass is 10.1. The maximum absolute atomic E-state index is 12.9. The van der Waals surface area contributed by atoms with E-state index in [1.165, 1.54) is 13.2 Å². The molecule has 98 valence electrons. The fourth-order valence-corrected chi connectivity index (χ4v) is 2.26. The number of pyridine rings is 1. The van der Waals surface area contributed by atoms with E-state index in [1.807, 2.05) is 19.1 Å². The van der Waals surface area contributed by atoms with Gasteiger partial charge in [-0.2, -0.15) is 13.2 Å². The van der Waals surface area contributed by atoms with Gasteiger partial charge in [-0.3, -0.25) is 4.98 Å². The number of hydrogen-bond donors (Lipinski definition) is 0. The maximum atomic E-state index is 12.9. The molecule has 6 heteroatoms. The number of hydrogen-bond acceptors (Lipinski definition) is 2. The SMILES string of the molecule is Cc1ccc2ncc3nc(C(F)(F)F)n(C)c3c2c1. The summed E-state index contributed by atoms with van der Waals surface area (Å²) in [6.45, 7) is 1.89. The molecule has 2 aromatic heterocycles. The molecule has 0 aliphatic heterocycles. The van der Waals surface area contributed by atoms with Crippen LogP contribution in [0.15, 0.2) is 24.4 Å². The van der Waals surface area contributed by atoms with Crippen molar-refractivity contribution in [2.75, 3.05) is 0 Å². The third-order valence-corrected chi connectivity index (χ3v) is 3.11. The molecular formula is C13H10F3N3. The number of fused-ring (bicyclic) bond motifs is 3. The number of nitrogens with zero attached hydrogens (tertiary/aromatic N) is 3. The molecule has 3 rings (SSSR count). The summed E-state index contributed by atoms with van der Waals surface area (Å²) in [5.41, 5.74) is 2.35. The minimum Gasteiger partial charge on any atom is -0.323 e. The summed E-state index contributed by atoms with van der Waals surface area (Å²) in [5.74, 6) is -0.904. The highest BCUT2D eigenvalue weighted by atomic mass is 19.4. The van der Waals surface area contributed by atoms with Gasteiger partial charge in [0.2, 0.25) is 5.82 Å². The first-order chi connectivity index (χ1) is 8.88. The number of benzene rings is 1. The average molecular weight is 265 g/mol. The highest BCUT2D eigenvalue weighted by molar-refractivity contribution is 6.02. The molecule has 0 spiro atoms. The van der Waals surface area contributed by atoms with Crippen molar-refractivity contribution in [2.24, 2.45) is 7.05 Å². The molecule has 2 heterocycles. The highest BCUT2D eigenvalue weighted by Crippen LogP contribution is 2.33. The molecule has 0 saturated heterocycles. The maximum Gasteiger partial charge on any atom is 0.449 e. The zero-order valence-corrected chi connectivity index (χ0v) is 10.3. The van der Waals surface area contributed by atoms with E-state index < -0.39 is 12.0 Å². The van der Waals surface area contributed by atoms with Crippen LogP contribution >= 0.6 is 0 Å². The lowest BCUT2D eigenvalue weighted by Gasteiger charge is -2.06. The Morgan fingerprint density at radius 1 is 1.16 bits per heavy atom. The molecule has 0 aliphatic carbocycles. The fraction of sp³-hybridized carbons (Fsp3) is 0.231. The van der Waals surface area contributed by atoms with Crippen LogP contribution in [0.2, 0.25) is 0 Å². The van der Waals surface area contributed by atoms with Gasteiger partial charge in [0.1, 0.15) is 5.52 Å². The number of imidazole rings is 1. The summed E-state index contributed by atoms with van der Waals surface area (Å²) < 4.78 is 39.7. The summed E-state index contributed by atoms with van der Waals surface area (Å²) >= 11 is 0. The van der Waals surface area contributed by atoms with Crippen molar-refractivity contribution in [3.05, 3.63) is 35.8 Å². The van der Waals surface area contributed by atoms with Crippen molar-refractivity contribution in [3.8, 4) is 0 Å². The molecule has 3 nitrogen and oxygen atoms in total. The monoisotopic (exact) mass is 265 g/mol. The first-order valence-electron chi connectivity index (χ1n) is 5.67. The smallest absolute Gasteiger partial charge is 0.323 e. The van der Waals surface area contributed by atoms with Crippen LogP contribution < -0.4 is 0 Å². The second-order valence-electron chi connectivity index (χ2n) is 4.50. The number of aryl methyl sites for hydroxylation is 2. The van der Waals surface area contributed by atoms with Crippen LogP contribution in [-0.2, 0) is 13.2 Å². The van der Waals surface area contributed by atoms with Crippen LogP contribution in [0.3, 0.4) is 0 Å². The second-order valence-corrected chi connectivity index (χ2v) is 4.50. The predicted molar refractivity (Wildman–Crippen MR) is 65.8 cm³/mol. The van der Waals surface area contributed by atoms with Crippen molar-refractivity contribution in [3.63, 3.8) is 0 Å². The molecule has 0 fully saturated rings. The van der Waals surface area contributed by atoms with Crippen molar-refractivity contribution in [1.29, 1.82) is 0 Å². The summed E-state index contributed by atoms with van der Waals surface area (Å²) in [6.07, 6.45) is -3.09. The van der Waals surface area contributed by atoms with Gasteiger partial charge >= 0.3 is 6.18 Å². The van der Waals surface area contributed by atoms with Crippen molar-refractivity contribution < 1.29 is 13.2 Å². The van der Waals surface area contributed by atoms with Crippen LogP contribution in [0.25, 0.3) is 21.9 Å². The molecule has 0 bridgehead atoms. The molecular weight excluding hydrogens is 255 g/mol. The van der Waals surface area contributed by atoms with E-state index in [4.69, 9.17) is 0 Å². The van der Waals surface area contributed by atoms with Crippen LogP contribution in [0.5, 0.6) is 0 Å². The predicted octanol–water partition coefficient (Wildman–Crippen LogP) is 3.45. The molecule has 0 amide bonds. The summed E-state index contributed by atoms with van der Waals surface area (Å²) in [6, 6.07) is 5.50. The fourth-order valence-electron chi connectivity index (χ4n) is 2.26. The molecule has 1 aromatic carbocycles. The van der Waals surface area contributed by atoms with Gasteiger partial charge < -0.3 is 4.57 Å². The third-order valence-electron chi connectivity index (χ3n) is 3.11. The lowest BCUT2D eigenvalue weighted by Crippen LogP contribution is -2.12. The van der Waals surface area contributed by atoms with Crippen molar-refractivity contribution in [1.82, 2.24) is 14.5 Å². The zero-order valence-electron chi connectivity index (χ0n) is 10.3. The molecule has 0 radical (unpaired) electrons. The Morgan fingerprint density at radius 3 is 2.58 bits per heavy atom. The first kappa shape index (κ1) is 12.0. The molecule has 0 unspecified atom stereocenters. The van der Waals surface area contributed by atoms with Crippen LogP contribution in [0.1, 0.15) is 11.4 Å². The van der Waals surface area contributed by atoms with E-state index in [9.17, 15) is 13.2 Å². The number of rotatable bonds is 0. The first-order valence-corrected chi connectivity index (χ1v) is 5.67. The normalized spacial score (nSPS) is 12.5. The summed E-state index contributed by atoms with van der Waals surface area (Å²) in [7, 11) is 1.37. The topological polar surface area (TPSA) is 30.7 Å². The Morgan fingerprint density at radius 2 is 1.89 bits per heavy atom. The van der Waals surface area contributed by atoms with Gasteiger partial charge in [0.15, 0.2) is 0 Å². The minimum absolute atomic E-state index is 0.257. The van der Waals surface area contributed by atoms with E-state index in [0.29, 0.717) is 16.4 Å². The van der Waals surface area contributed by atoms with Crippen LogP contribution in [-0.4, -0.2) is 14.5 Å². The van der Waals surface area contributed by atoms with Gasteiger partial charge in [0, 0.05) is 12.4 Å². The Bertz CT molecular complexity index is 787. The summed E-state index contributed by atoms with van der Waals surface area (Å²) in [5, 5.41) is 0.683. The number of alkyl halides is 3. The Hall–Kier alpha value is -2.11. The van der Waals surface area contributed by atoms with E-state index in [2.05, 4.69) is 9.97 Å². The van der Waals surface area contributed by atoms with Gasteiger partial charge in [-0.15, -0.1) is 0 Å². The molecule has 0 aliphatic rings. The molecule has 0 saturated carbocycles. The largest absolute Gasteiger partial charge is 0.449 e. The molecule has 3 aromatic rings. The van der Waals surface area contributed by atoms with E-state index >= 15 is 0 Å². The molecule has 19 heavy (non-hydrogen) atoms. The third kappa shape index (κ3) is 1.75. The lowest BCUT2D eigenvalue weighted by molar-refractivity contribution is -0.146. The van der Waals surface area contributed by atoms with E-state index in [-0.39, 0.29) is 5.52 Å². The molecule has 0 N–H and O–H groups in total. The van der Waals surface area contributed by atoms with Crippen LogP contribution in [0, 0.1) is 6.92 Å². The van der Waals surface area contributed by atoms with Gasteiger partial charge in [0.05, 0.1) is 17.2 Å². The number of halogens is 3. The Labute approximate surface area is 106 Å². The quantitative estimate of drug-likeness (QED) is 0.623.